The fourth-order valence-electron chi connectivity index (χ4n) is 3.53. The molecule has 0 radical (unpaired) electrons. The second-order valence-corrected chi connectivity index (χ2v) is 7.33. The number of nitro benzene ring substituents is 1. The molecule has 0 aromatic heterocycles. The number of esters is 1. The van der Waals surface area contributed by atoms with Crippen LogP contribution in [0.4, 0.5) is 11.4 Å². The van der Waals surface area contributed by atoms with E-state index in [1.54, 1.807) is 12.1 Å². The van der Waals surface area contributed by atoms with Crippen LogP contribution in [-0.2, 0) is 4.74 Å². The molecule has 3 rings (SSSR count). The fraction of sp³-hybridized carbons (Fsp3) is 0.364. The van der Waals surface area contributed by atoms with Crippen LogP contribution in [0.5, 0.6) is 0 Å². The maximum Gasteiger partial charge on any atom is 0.338 e. The van der Waals surface area contributed by atoms with Crippen LogP contribution in [0.2, 0.25) is 0 Å². The summed E-state index contributed by atoms with van der Waals surface area (Å²) in [4.78, 5) is 37.8. The van der Waals surface area contributed by atoms with Gasteiger partial charge in [0.15, 0.2) is 6.61 Å². The first kappa shape index (κ1) is 20.5. The van der Waals surface area contributed by atoms with Crippen molar-refractivity contribution in [2.45, 2.75) is 33.1 Å². The standard InChI is InChI=1S/C22H24N2O5/c1-15-6-7-16(2)18(12-15)21(25)14-29-22(26)17-8-9-19(20(13-17)24(27)28)23-10-4-3-5-11-23/h6-9,12-13H,3-5,10-11,14H2,1-2H3. The summed E-state index contributed by atoms with van der Waals surface area (Å²) in [6.07, 6.45) is 3.09. The maximum atomic E-state index is 12.4. The Morgan fingerprint density at radius 2 is 1.79 bits per heavy atom. The molecule has 0 saturated carbocycles. The van der Waals surface area contributed by atoms with E-state index in [1.165, 1.54) is 12.1 Å². The van der Waals surface area contributed by atoms with Crippen molar-refractivity contribution in [3.05, 3.63) is 68.8 Å². The molecule has 1 heterocycles. The Labute approximate surface area is 169 Å². The minimum absolute atomic E-state index is 0.0613. The van der Waals surface area contributed by atoms with Crippen LogP contribution in [0.25, 0.3) is 0 Å². The van der Waals surface area contributed by atoms with Gasteiger partial charge < -0.3 is 9.64 Å². The van der Waals surface area contributed by atoms with Crippen LogP contribution < -0.4 is 4.90 Å². The van der Waals surface area contributed by atoms with Crippen molar-refractivity contribution in [1.82, 2.24) is 0 Å². The van der Waals surface area contributed by atoms with Crippen LogP contribution >= 0.6 is 0 Å². The number of piperidine rings is 1. The van der Waals surface area contributed by atoms with E-state index in [1.807, 2.05) is 30.9 Å². The van der Waals surface area contributed by atoms with Crippen molar-refractivity contribution in [2.24, 2.45) is 0 Å². The number of hydrogen-bond donors (Lipinski definition) is 0. The van der Waals surface area contributed by atoms with Crippen molar-refractivity contribution in [3.8, 4) is 0 Å². The first-order valence-corrected chi connectivity index (χ1v) is 9.68. The molecule has 7 heteroatoms. The number of nitro groups is 1. The van der Waals surface area contributed by atoms with Crippen molar-refractivity contribution in [1.29, 1.82) is 0 Å². The Hall–Kier alpha value is -3.22. The lowest BCUT2D eigenvalue weighted by atomic mass is 10.0. The fourth-order valence-corrected chi connectivity index (χ4v) is 3.53. The maximum absolute atomic E-state index is 12.4. The van der Waals surface area contributed by atoms with E-state index in [2.05, 4.69) is 0 Å². The van der Waals surface area contributed by atoms with Gasteiger partial charge in [-0.2, -0.15) is 0 Å². The number of Topliss-reactive ketones (excluding diaryl/α,β-unsaturated/α-hetero) is 1. The summed E-state index contributed by atoms with van der Waals surface area (Å²) < 4.78 is 5.13. The molecule has 1 saturated heterocycles. The van der Waals surface area contributed by atoms with E-state index in [-0.39, 0.29) is 17.0 Å². The Morgan fingerprint density at radius 3 is 2.48 bits per heavy atom. The number of carbonyl (C=O) groups excluding carboxylic acids is 2. The smallest absolute Gasteiger partial charge is 0.338 e. The average molecular weight is 396 g/mol. The van der Waals surface area contributed by atoms with Crippen molar-refractivity contribution >= 4 is 23.1 Å². The number of anilines is 1. The summed E-state index contributed by atoms with van der Waals surface area (Å²) in [5.74, 6) is -1.06. The first-order chi connectivity index (χ1) is 13.9. The third-order valence-electron chi connectivity index (χ3n) is 5.13. The lowest BCUT2D eigenvalue weighted by Gasteiger charge is -2.28. The summed E-state index contributed by atoms with van der Waals surface area (Å²) in [6.45, 7) is 4.80. The SMILES string of the molecule is Cc1ccc(C)c(C(=O)COC(=O)c2ccc(N3CCCCC3)c([N+](=O)[O-])c2)c1. The van der Waals surface area contributed by atoms with Crippen LogP contribution in [0.15, 0.2) is 36.4 Å². The molecule has 2 aromatic rings. The third-order valence-corrected chi connectivity index (χ3v) is 5.13. The molecule has 29 heavy (non-hydrogen) atoms. The van der Waals surface area contributed by atoms with Gasteiger partial charge in [-0.05, 0) is 56.9 Å². The van der Waals surface area contributed by atoms with Gasteiger partial charge in [-0.1, -0.05) is 17.7 Å². The van der Waals surface area contributed by atoms with Crippen molar-refractivity contribution < 1.29 is 19.2 Å². The highest BCUT2D eigenvalue weighted by atomic mass is 16.6. The normalized spacial score (nSPS) is 13.8. The monoisotopic (exact) mass is 396 g/mol. The molecule has 2 aromatic carbocycles. The highest BCUT2D eigenvalue weighted by molar-refractivity contribution is 6.00. The molecule has 1 fully saturated rings. The van der Waals surface area contributed by atoms with E-state index in [0.29, 0.717) is 11.3 Å². The van der Waals surface area contributed by atoms with Crippen LogP contribution in [0, 0.1) is 24.0 Å². The zero-order chi connectivity index (χ0) is 21.0. The molecule has 0 aliphatic carbocycles. The Balaban J connectivity index is 1.73. The quantitative estimate of drug-likeness (QED) is 0.314. The van der Waals surface area contributed by atoms with Crippen LogP contribution in [0.3, 0.4) is 0 Å². The van der Waals surface area contributed by atoms with E-state index < -0.39 is 17.5 Å². The van der Waals surface area contributed by atoms with Gasteiger partial charge in [-0.25, -0.2) is 4.79 Å². The van der Waals surface area contributed by atoms with E-state index in [9.17, 15) is 19.7 Å². The zero-order valence-corrected chi connectivity index (χ0v) is 16.6. The van der Waals surface area contributed by atoms with Gasteiger partial charge in [-0.3, -0.25) is 14.9 Å². The minimum Gasteiger partial charge on any atom is -0.454 e. The van der Waals surface area contributed by atoms with Gasteiger partial charge in [0.25, 0.3) is 5.69 Å². The highest BCUT2D eigenvalue weighted by Gasteiger charge is 2.24. The summed E-state index contributed by atoms with van der Waals surface area (Å²) in [6, 6.07) is 9.83. The summed E-state index contributed by atoms with van der Waals surface area (Å²) >= 11 is 0. The van der Waals surface area contributed by atoms with Crippen molar-refractivity contribution in [3.63, 3.8) is 0 Å². The lowest BCUT2D eigenvalue weighted by molar-refractivity contribution is -0.384. The number of aryl methyl sites for hydroxylation is 2. The molecule has 0 N–H and O–H groups in total. The molecule has 0 spiro atoms. The van der Waals surface area contributed by atoms with Gasteiger partial charge in [0.05, 0.1) is 10.5 Å². The molecule has 7 nitrogen and oxygen atoms in total. The molecule has 0 amide bonds. The molecule has 0 atom stereocenters. The van der Waals surface area contributed by atoms with E-state index in [4.69, 9.17) is 4.74 Å². The second-order valence-electron chi connectivity index (χ2n) is 7.33. The number of carbonyl (C=O) groups is 2. The number of ether oxygens (including phenoxy) is 1. The number of rotatable bonds is 6. The second kappa shape index (κ2) is 8.86. The Morgan fingerprint density at radius 1 is 1.07 bits per heavy atom. The van der Waals surface area contributed by atoms with Crippen LogP contribution in [0.1, 0.15) is 51.1 Å². The van der Waals surface area contributed by atoms with Gasteiger partial charge in [-0.15, -0.1) is 0 Å². The molecule has 0 bridgehead atoms. The van der Waals surface area contributed by atoms with Gasteiger partial charge in [0, 0.05) is 24.7 Å². The van der Waals surface area contributed by atoms with E-state index in [0.717, 1.165) is 43.5 Å². The number of nitrogens with zero attached hydrogens (tertiary/aromatic N) is 2. The number of ketones is 1. The highest BCUT2D eigenvalue weighted by Crippen LogP contribution is 2.31. The number of hydrogen-bond acceptors (Lipinski definition) is 6. The lowest BCUT2D eigenvalue weighted by Crippen LogP contribution is -2.30. The summed E-state index contributed by atoms with van der Waals surface area (Å²) in [5, 5.41) is 11.5. The zero-order valence-electron chi connectivity index (χ0n) is 16.6. The van der Waals surface area contributed by atoms with E-state index >= 15 is 0 Å². The summed E-state index contributed by atoms with van der Waals surface area (Å²) in [5.41, 5.74) is 2.70. The van der Waals surface area contributed by atoms with Crippen molar-refractivity contribution in [2.75, 3.05) is 24.6 Å². The molecule has 0 unspecified atom stereocenters. The third kappa shape index (κ3) is 4.80. The molecule has 1 aliphatic heterocycles. The molecule has 152 valence electrons. The average Bonchev–Trinajstić information content (AvgIpc) is 2.73. The largest absolute Gasteiger partial charge is 0.454 e. The predicted molar refractivity (Wildman–Crippen MR) is 110 cm³/mol. The molecular weight excluding hydrogens is 372 g/mol. The predicted octanol–water partition coefficient (Wildman–Crippen LogP) is 4.24. The molecular formula is C22H24N2O5. The minimum atomic E-state index is -0.753. The Bertz CT molecular complexity index is 948. The van der Waals surface area contributed by atoms with Gasteiger partial charge in [0.2, 0.25) is 5.78 Å². The Kier molecular flexibility index (Phi) is 6.26. The van der Waals surface area contributed by atoms with Gasteiger partial charge in [0.1, 0.15) is 5.69 Å². The number of benzene rings is 2. The van der Waals surface area contributed by atoms with Gasteiger partial charge >= 0.3 is 5.97 Å². The first-order valence-electron chi connectivity index (χ1n) is 9.68. The summed E-state index contributed by atoms with van der Waals surface area (Å²) in [7, 11) is 0. The molecule has 1 aliphatic rings. The van der Waals surface area contributed by atoms with Crippen LogP contribution in [-0.4, -0.2) is 36.4 Å². The topological polar surface area (TPSA) is 89.8 Å².